The Hall–Kier alpha value is -5.72. The monoisotopic (exact) mass is 598 g/mol. The molecule has 0 N–H and O–H groups in total. The lowest BCUT2D eigenvalue weighted by atomic mass is 9.78. The molecule has 0 unspecified atom stereocenters. The fourth-order valence-corrected chi connectivity index (χ4v) is 8.12. The van der Waals surface area contributed by atoms with Crippen LogP contribution in [0.5, 0.6) is 0 Å². The van der Waals surface area contributed by atoms with E-state index in [9.17, 15) is 0 Å². The van der Waals surface area contributed by atoms with Crippen molar-refractivity contribution < 1.29 is 0 Å². The fraction of sp³-hybridized carbons (Fsp3) is 0.0638. The van der Waals surface area contributed by atoms with Gasteiger partial charge in [-0.1, -0.05) is 184 Å². The highest BCUT2D eigenvalue weighted by Gasteiger charge is 2.37. The number of rotatable bonds is 4. The van der Waals surface area contributed by atoms with Crippen LogP contribution >= 0.6 is 0 Å². The second-order valence-electron chi connectivity index (χ2n) is 13.3. The minimum atomic E-state index is -0.0529. The molecule has 1 aliphatic carbocycles. The van der Waals surface area contributed by atoms with Gasteiger partial charge in [0.05, 0.1) is 0 Å². The van der Waals surface area contributed by atoms with E-state index in [-0.39, 0.29) is 5.41 Å². The molecule has 1 aliphatic rings. The van der Waals surface area contributed by atoms with Gasteiger partial charge >= 0.3 is 0 Å². The van der Waals surface area contributed by atoms with Crippen LogP contribution in [0.1, 0.15) is 25.0 Å². The van der Waals surface area contributed by atoms with Crippen molar-refractivity contribution in [1.29, 1.82) is 0 Å². The second-order valence-corrected chi connectivity index (χ2v) is 13.3. The molecule has 0 heteroatoms. The summed E-state index contributed by atoms with van der Waals surface area (Å²) in [6.45, 7) is 4.73. The number of hydrogen-bond acceptors (Lipinski definition) is 0. The summed E-state index contributed by atoms with van der Waals surface area (Å²) < 4.78 is 0. The first kappa shape index (κ1) is 27.6. The lowest BCUT2D eigenvalue weighted by molar-refractivity contribution is 0.662. The predicted molar refractivity (Wildman–Crippen MR) is 201 cm³/mol. The highest BCUT2D eigenvalue weighted by molar-refractivity contribution is 6.21. The molecule has 9 rings (SSSR count). The molecule has 0 radical (unpaired) electrons. The van der Waals surface area contributed by atoms with Crippen molar-refractivity contribution in [1.82, 2.24) is 0 Å². The van der Waals surface area contributed by atoms with Crippen molar-refractivity contribution in [3.8, 4) is 55.6 Å². The van der Waals surface area contributed by atoms with E-state index in [0.717, 1.165) is 0 Å². The zero-order valence-electron chi connectivity index (χ0n) is 26.7. The van der Waals surface area contributed by atoms with E-state index >= 15 is 0 Å². The summed E-state index contributed by atoms with van der Waals surface area (Å²) in [4.78, 5) is 0. The summed E-state index contributed by atoms with van der Waals surface area (Å²) in [7, 11) is 0. The van der Waals surface area contributed by atoms with E-state index < -0.39 is 0 Å². The molecular formula is C47H34. The first-order valence-electron chi connectivity index (χ1n) is 16.5. The summed E-state index contributed by atoms with van der Waals surface area (Å²) >= 11 is 0. The molecule has 222 valence electrons. The van der Waals surface area contributed by atoms with Crippen molar-refractivity contribution in [2.75, 3.05) is 0 Å². The first-order valence-corrected chi connectivity index (χ1v) is 16.5. The average molecular weight is 599 g/mol. The zero-order chi connectivity index (χ0) is 31.5. The van der Waals surface area contributed by atoms with Gasteiger partial charge in [0.2, 0.25) is 0 Å². The zero-order valence-corrected chi connectivity index (χ0v) is 26.7. The molecule has 0 heterocycles. The Morgan fingerprint density at radius 3 is 1.28 bits per heavy atom. The molecule has 0 saturated carbocycles. The fourth-order valence-electron chi connectivity index (χ4n) is 8.12. The van der Waals surface area contributed by atoms with Gasteiger partial charge in [-0.05, 0) is 88.3 Å². The molecule has 8 aromatic rings. The van der Waals surface area contributed by atoms with E-state index in [1.807, 2.05) is 0 Å². The van der Waals surface area contributed by atoms with E-state index in [0.29, 0.717) is 0 Å². The maximum Gasteiger partial charge on any atom is 0.0165 e. The molecule has 0 bridgehead atoms. The second kappa shape index (κ2) is 10.7. The van der Waals surface area contributed by atoms with Gasteiger partial charge in [-0.2, -0.15) is 0 Å². The van der Waals surface area contributed by atoms with Gasteiger partial charge in [0, 0.05) is 5.41 Å². The molecule has 0 spiro atoms. The van der Waals surface area contributed by atoms with Gasteiger partial charge in [-0.25, -0.2) is 0 Å². The SMILES string of the molecule is CC1(C)c2ccccc2-c2cccc(-c3ccc(-c4c5ccccc5c(-c5ccc(-c6ccccc6)cc5)c5ccccc45)cc3)c21. The number of benzene rings is 8. The van der Waals surface area contributed by atoms with E-state index in [4.69, 9.17) is 0 Å². The Labute approximate surface area is 276 Å². The summed E-state index contributed by atoms with van der Waals surface area (Å²) in [5.41, 5.74) is 15.6. The van der Waals surface area contributed by atoms with E-state index in [2.05, 4.69) is 184 Å². The molecule has 8 aromatic carbocycles. The Bertz CT molecular complexity index is 2390. The number of hydrogen-bond donors (Lipinski definition) is 0. The third kappa shape index (κ3) is 4.29. The van der Waals surface area contributed by atoms with Crippen LogP contribution in [0.2, 0.25) is 0 Å². The quantitative estimate of drug-likeness (QED) is 0.177. The predicted octanol–water partition coefficient (Wildman–Crippen LogP) is 13.0. The van der Waals surface area contributed by atoms with Crippen molar-refractivity contribution in [3.63, 3.8) is 0 Å². The maximum absolute atomic E-state index is 2.37. The van der Waals surface area contributed by atoms with Crippen LogP contribution in [0.3, 0.4) is 0 Å². The Kier molecular flexibility index (Phi) is 6.27. The van der Waals surface area contributed by atoms with Gasteiger partial charge in [0.15, 0.2) is 0 Å². The molecule has 0 fully saturated rings. The van der Waals surface area contributed by atoms with Gasteiger partial charge in [-0.15, -0.1) is 0 Å². The molecule has 0 nitrogen and oxygen atoms in total. The molecule has 0 atom stereocenters. The lowest BCUT2D eigenvalue weighted by Gasteiger charge is -2.24. The molecule has 0 aromatic heterocycles. The average Bonchev–Trinajstić information content (AvgIpc) is 3.37. The minimum Gasteiger partial charge on any atom is -0.0622 e. The van der Waals surface area contributed by atoms with Crippen molar-refractivity contribution in [2.45, 2.75) is 19.3 Å². The highest BCUT2D eigenvalue weighted by Crippen LogP contribution is 2.52. The number of fused-ring (bicyclic) bond motifs is 5. The topological polar surface area (TPSA) is 0 Å². The Morgan fingerprint density at radius 1 is 0.298 bits per heavy atom. The van der Waals surface area contributed by atoms with Crippen molar-refractivity contribution in [2.24, 2.45) is 0 Å². The van der Waals surface area contributed by atoms with E-state index in [1.54, 1.807) is 0 Å². The standard InChI is InChI=1S/C47H34/c1-47(2)43-22-11-10-15-37(43)42-21-12-20-36(46(42)47)33-25-29-35(30-26-33)45-40-18-8-6-16-38(40)44(39-17-7-9-19-41(39)45)34-27-23-32(24-28-34)31-13-4-3-5-14-31/h3-30H,1-2H3. The summed E-state index contributed by atoms with van der Waals surface area (Å²) in [6, 6.07) is 62.5. The van der Waals surface area contributed by atoms with Crippen LogP contribution < -0.4 is 0 Å². The normalized spacial score (nSPS) is 13.1. The minimum absolute atomic E-state index is 0.0529. The van der Waals surface area contributed by atoms with Crippen molar-refractivity contribution >= 4 is 21.5 Å². The van der Waals surface area contributed by atoms with E-state index in [1.165, 1.54) is 88.3 Å². The molecular weight excluding hydrogens is 565 g/mol. The molecule has 47 heavy (non-hydrogen) atoms. The van der Waals surface area contributed by atoms with Crippen LogP contribution in [0.15, 0.2) is 170 Å². The highest BCUT2D eigenvalue weighted by atomic mass is 14.4. The van der Waals surface area contributed by atoms with Gasteiger partial charge in [0.25, 0.3) is 0 Å². The van der Waals surface area contributed by atoms with Crippen LogP contribution in [0.25, 0.3) is 77.2 Å². The largest absolute Gasteiger partial charge is 0.0622 e. The van der Waals surface area contributed by atoms with Crippen LogP contribution in [0, 0.1) is 0 Å². The molecule has 0 saturated heterocycles. The molecule has 0 amide bonds. The van der Waals surface area contributed by atoms with Crippen LogP contribution in [-0.2, 0) is 5.41 Å². The third-order valence-electron chi connectivity index (χ3n) is 10.3. The summed E-state index contributed by atoms with van der Waals surface area (Å²) in [5.74, 6) is 0. The molecule has 0 aliphatic heterocycles. The van der Waals surface area contributed by atoms with Gasteiger partial charge in [-0.3, -0.25) is 0 Å². The first-order chi connectivity index (χ1) is 23.1. The van der Waals surface area contributed by atoms with Crippen LogP contribution in [-0.4, -0.2) is 0 Å². The Morgan fingerprint density at radius 2 is 0.702 bits per heavy atom. The Balaban J connectivity index is 1.19. The summed E-state index contributed by atoms with van der Waals surface area (Å²) in [5, 5.41) is 5.10. The van der Waals surface area contributed by atoms with Gasteiger partial charge < -0.3 is 0 Å². The maximum atomic E-state index is 2.37. The van der Waals surface area contributed by atoms with Crippen LogP contribution in [0.4, 0.5) is 0 Å². The van der Waals surface area contributed by atoms with Crippen molar-refractivity contribution in [3.05, 3.63) is 181 Å². The lowest BCUT2D eigenvalue weighted by Crippen LogP contribution is -2.16. The smallest absolute Gasteiger partial charge is 0.0165 e. The van der Waals surface area contributed by atoms with Gasteiger partial charge in [0.1, 0.15) is 0 Å². The summed E-state index contributed by atoms with van der Waals surface area (Å²) in [6.07, 6.45) is 0. The third-order valence-corrected chi connectivity index (χ3v) is 10.3.